The first-order valence-corrected chi connectivity index (χ1v) is 10.3. The van der Waals surface area contributed by atoms with Crippen molar-refractivity contribution in [2.45, 2.75) is 27.3 Å². The van der Waals surface area contributed by atoms with E-state index in [-0.39, 0.29) is 5.57 Å². The maximum atomic E-state index is 13.0. The molecule has 0 aliphatic carbocycles. The molecule has 2 aromatic heterocycles. The molecular formula is C25H21ClN4O. The number of aryl methyl sites for hydroxylation is 2. The summed E-state index contributed by atoms with van der Waals surface area (Å²) in [5, 5.41) is 15.7. The number of carbonyl (C=O) groups is 1. The molecule has 0 unspecified atom stereocenters. The standard InChI is InChI=1S/C25H21ClN4O/c1-16-12-17(2)30(28-16)25(31)20(14-27)13-22-18(3)29(24-11-7-5-9-21(22)24)15-19-8-4-6-10-23(19)26/h4-13H,15H2,1-3H3/b20-13+. The Balaban J connectivity index is 1.85. The number of nitriles is 1. The number of benzene rings is 2. The van der Waals surface area contributed by atoms with Gasteiger partial charge in [0.05, 0.1) is 5.69 Å². The van der Waals surface area contributed by atoms with E-state index in [1.54, 1.807) is 13.0 Å². The third-order valence-electron chi connectivity index (χ3n) is 5.41. The molecule has 4 aromatic rings. The predicted octanol–water partition coefficient (Wildman–Crippen LogP) is 5.71. The van der Waals surface area contributed by atoms with Crippen LogP contribution in [0, 0.1) is 32.1 Å². The Hall–Kier alpha value is -3.62. The van der Waals surface area contributed by atoms with E-state index in [1.165, 1.54) is 4.68 Å². The molecule has 0 bridgehead atoms. The average molecular weight is 429 g/mol. The molecule has 2 aromatic carbocycles. The number of para-hydroxylation sites is 1. The molecule has 0 amide bonds. The van der Waals surface area contributed by atoms with E-state index in [0.29, 0.717) is 17.3 Å². The van der Waals surface area contributed by atoms with Crippen molar-refractivity contribution in [3.8, 4) is 6.07 Å². The van der Waals surface area contributed by atoms with Crippen molar-refractivity contribution in [1.82, 2.24) is 14.3 Å². The molecule has 0 aliphatic heterocycles. The lowest BCUT2D eigenvalue weighted by atomic mass is 10.1. The Morgan fingerprint density at radius 3 is 2.52 bits per heavy atom. The van der Waals surface area contributed by atoms with Gasteiger partial charge in [0.15, 0.2) is 0 Å². The second-order valence-corrected chi connectivity index (χ2v) is 7.91. The molecule has 5 nitrogen and oxygen atoms in total. The summed E-state index contributed by atoms with van der Waals surface area (Å²) in [7, 11) is 0. The summed E-state index contributed by atoms with van der Waals surface area (Å²) >= 11 is 6.39. The quantitative estimate of drug-likeness (QED) is 0.309. The zero-order valence-corrected chi connectivity index (χ0v) is 18.3. The molecule has 31 heavy (non-hydrogen) atoms. The summed E-state index contributed by atoms with van der Waals surface area (Å²) in [6.07, 6.45) is 1.67. The van der Waals surface area contributed by atoms with Crippen LogP contribution in [0.3, 0.4) is 0 Å². The number of nitrogens with zero attached hydrogens (tertiary/aromatic N) is 4. The Labute approximate surface area is 185 Å². The van der Waals surface area contributed by atoms with Crippen LogP contribution in [0.4, 0.5) is 0 Å². The molecule has 0 saturated carbocycles. The van der Waals surface area contributed by atoms with Crippen molar-refractivity contribution in [2.75, 3.05) is 0 Å². The number of hydrogen-bond donors (Lipinski definition) is 0. The van der Waals surface area contributed by atoms with Crippen LogP contribution in [-0.4, -0.2) is 20.3 Å². The monoisotopic (exact) mass is 428 g/mol. The molecule has 0 spiro atoms. The lowest BCUT2D eigenvalue weighted by Crippen LogP contribution is -2.15. The van der Waals surface area contributed by atoms with Gasteiger partial charge < -0.3 is 4.57 Å². The molecule has 0 saturated heterocycles. The van der Waals surface area contributed by atoms with Crippen LogP contribution >= 0.6 is 11.6 Å². The number of hydrogen-bond acceptors (Lipinski definition) is 3. The normalized spacial score (nSPS) is 11.6. The molecule has 4 rings (SSSR count). The van der Waals surface area contributed by atoms with Crippen LogP contribution in [0.5, 0.6) is 0 Å². The van der Waals surface area contributed by atoms with E-state index in [4.69, 9.17) is 11.6 Å². The fraction of sp³-hybridized carbons (Fsp3) is 0.160. The van der Waals surface area contributed by atoms with Crippen LogP contribution in [0.2, 0.25) is 5.02 Å². The van der Waals surface area contributed by atoms with E-state index in [2.05, 4.69) is 15.7 Å². The van der Waals surface area contributed by atoms with Crippen LogP contribution in [-0.2, 0) is 6.54 Å². The Bertz CT molecular complexity index is 1380. The molecule has 0 aliphatic rings. The molecule has 6 heteroatoms. The van der Waals surface area contributed by atoms with Crippen molar-refractivity contribution >= 4 is 34.5 Å². The van der Waals surface area contributed by atoms with Crippen molar-refractivity contribution in [1.29, 1.82) is 5.26 Å². The maximum Gasteiger partial charge on any atom is 0.289 e. The topological polar surface area (TPSA) is 63.6 Å². The summed E-state index contributed by atoms with van der Waals surface area (Å²) in [5.41, 5.74) is 5.28. The average Bonchev–Trinajstić information content (AvgIpc) is 3.23. The predicted molar refractivity (Wildman–Crippen MR) is 123 cm³/mol. The molecule has 0 fully saturated rings. The molecule has 0 radical (unpaired) electrons. The van der Waals surface area contributed by atoms with Gasteiger partial charge in [-0.2, -0.15) is 10.4 Å². The molecule has 154 valence electrons. The van der Waals surface area contributed by atoms with Crippen LogP contribution in [0.25, 0.3) is 17.0 Å². The third-order valence-corrected chi connectivity index (χ3v) is 5.78. The first kappa shape index (κ1) is 20.6. The van der Waals surface area contributed by atoms with E-state index in [9.17, 15) is 10.1 Å². The summed E-state index contributed by atoms with van der Waals surface area (Å²) in [6.45, 7) is 6.20. The van der Waals surface area contributed by atoms with Gasteiger partial charge in [-0.15, -0.1) is 0 Å². The summed E-state index contributed by atoms with van der Waals surface area (Å²) < 4.78 is 3.44. The Kier molecular flexibility index (Phi) is 5.50. The largest absolute Gasteiger partial charge is 0.340 e. The second kappa shape index (κ2) is 8.25. The first-order chi connectivity index (χ1) is 14.9. The number of carbonyl (C=O) groups excluding carboxylic acids is 1. The lowest BCUT2D eigenvalue weighted by Gasteiger charge is -2.10. The molecular weight excluding hydrogens is 408 g/mol. The van der Waals surface area contributed by atoms with Gasteiger partial charge in [0.1, 0.15) is 11.6 Å². The number of fused-ring (bicyclic) bond motifs is 1. The van der Waals surface area contributed by atoms with E-state index < -0.39 is 5.91 Å². The first-order valence-electron chi connectivity index (χ1n) is 9.91. The van der Waals surface area contributed by atoms with Gasteiger partial charge in [0.2, 0.25) is 0 Å². The summed E-state index contributed by atoms with van der Waals surface area (Å²) in [6, 6.07) is 19.6. The third kappa shape index (κ3) is 3.78. The highest BCUT2D eigenvalue weighted by Crippen LogP contribution is 2.30. The van der Waals surface area contributed by atoms with E-state index in [1.807, 2.05) is 68.4 Å². The lowest BCUT2D eigenvalue weighted by molar-refractivity contribution is 0.0944. The van der Waals surface area contributed by atoms with Crippen molar-refractivity contribution in [3.05, 3.63) is 93.4 Å². The van der Waals surface area contributed by atoms with Gasteiger partial charge in [0, 0.05) is 39.4 Å². The van der Waals surface area contributed by atoms with Gasteiger partial charge in [-0.05, 0) is 50.6 Å². The van der Waals surface area contributed by atoms with Crippen LogP contribution < -0.4 is 0 Å². The van der Waals surface area contributed by atoms with Crippen LogP contribution in [0.15, 0.2) is 60.2 Å². The molecule has 0 N–H and O–H groups in total. The maximum absolute atomic E-state index is 13.0. The minimum Gasteiger partial charge on any atom is -0.340 e. The highest BCUT2D eigenvalue weighted by atomic mass is 35.5. The Morgan fingerprint density at radius 1 is 1.13 bits per heavy atom. The summed E-state index contributed by atoms with van der Waals surface area (Å²) in [4.78, 5) is 13.0. The smallest absolute Gasteiger partial charge is 0.289 e. The van der Waals surface area contributed by atoms with Gasteiger partial charge in [0.25, 0.3) is 5.91 Å². The van der Waals surface area contributed by atoms with Crippen LogP contribution in [0.1, 0.15) is 33.0 Å². The minimum atomic E-state index is -0.435. The fourth-order valence-electron chi connectivity index (χ4n) is 3.88. The fourth-order valence-corrected chi connectivity index (χ4v) is 4.07. The Morgan fingerprint density at radius 2 is 1.84 bits per heavy atom. The highest BCUT2D eigenvalue weighted by Gasteiger charge is 2.19. The number of rotatable bonds is 4. The summed E-state index contributed by atoms with van der Waals surface area (Å²) in [5.74, 6) is -0.435. The van der Waals surface area contributed by atoms with E-state index in [0.717, 1.165) is 33.4 Å². The SMILES string of the molecule is Cc1cc(C)n(C(=O)/C(C#N)=C/c2c(C)n(Cc3ccccc3Cl)c3ccccc23)n1. The van der Waals surface area contributed by atoms with Crippen molar-refractivity contribution in [3.63, 3.8) is 0 Å². The van der Waals surface area contributed by atoms with Crippen molar-refractivity contribution < 1.29 is 4.79 Å². The number of aromatic nitrogens is 3. The van der Waals surface area contributed by atoms with Gasteiger partial charge in [-0.1, -0.05) is 48.0 Å². The van der Waals surface area contributed by atoms with Gasteiger partial charge >= 0.3 is 0 Å². The van der Waals surface area contributed by atoms with Gasteiger partial charge in [-0.3, -0.25) is 4.79 Å². The molecule has 0 atom stereocenters. The number of allylic oxidation sites excluding steroid dienone is 1. The van der Waals surface area contributed by atoms with Crippen molar-refractivity contribution in [2.24, 2.45) is 0 Å². The number of halogens is 1. The van der Waals surface area contributed by atoms with Gasteiger partial charge in [-0.25, -0.2) is 4.68 Å². The second-order valence-electron chi connectivity index (χ2n) is 7.51. The minimum absolute atomic E-state index is 0.0370. The highest BCUT2D eigenvalue weighted by molar-refractivity contribution is 6.31. The zero-order chi connectivity index (χ0) is 22.1. The van der Waals surface area contributed by atoms with E-state index >= 15 is 0 Å². The zero-order valence-electron chi connectivity index (χ0n) is 17.6. The molecule has 2 heterocycles.